The number of rotatable bonds is 7. The Labute approximate surface area is 118 Å². The van der Waals surface area contributed by atoms with E-state index in [2.05, 4.69) is 10.6 Å². The van der Waals surface area contributed by atoms with Gasteiger partial charge < -0.3 is 21.1 Å². The molecule has 1 unspecified atom stereocenters. The van der Waals surface area contributed by atoms with Crippen molar-refractivity contribution in [2.75, 3.05) is 13.1 Å². The number of hydrogen-bond donors (Lipinski definition) is 3. The third-order valence-electron chi connectivity index (χ3n) is 2.57. The van der Waals surface area contributed by atoms with Gasteiger partial charge in [0, 0.05) is 13.1 Å². The van der Waals surface area contributed by atoms with Gasteiger partial charge in [0.2, 0.25) is 5.91 Å². The topological polar surface area (TPSA) is 93.5 Å². The highest BCUT2D eigenvalue weighted by atomic mass is 16.5. The van der Waals surface area contributed by atoms with Crippen LogP contribution in [0.2, 0.25) is 0 Å². The zero-order valence-electron chi connectivity index (χ0n) is 11.6. The van der Waals surface area contributed by atoms with Crippen molar-refractivity contribution in [1.29, 1.82) is 0 Å². The van der Waals surface area contributed by atoms with Gasteiger partial charge in [0.15, 0.2) is 0 Å². The molecule has 2 amide bonds. The van der Waals surface area contributed by atoms with Gasteiger partial charge in [-0.1, -0.05) is 37.3 Å². The van der Waals surface area contributed by atoms with Crippen LogP contribution in [0.4, 0.5) is 4.79 Å². The van der Waals surface area contributed by atoms with Crippen molar-refractivity contribution in [3.63, 3.8) is 0 Å². The maximum Gasteiger partial charge on any atom is 0.407 e. The summed E-state index contributed by atoms with van der Waals surface area (Å²) in [4.78, 5) is 22.9. The molecule has 0 aromatic heterocycles. The van der Waals surface area contributed by atoms with Gasteiger partial charge >= 0.3 is 6.09 Å². The average Bonchev–Trinajstić information content (AvgIpc) is 2.49. The van der Waals surface area contributed by atoms with E-state index in [1.165, 1.54) is 0 Å². The van der Waals surface area contributed by atoms with Gasteiger partial charge in [-0.15, -0.1) is 0 Å². The second-order valence-corrected chi connectivity index (χ2v) is 4.34. The second kappa shape index (κ2) is 8.92. The van der Waals surface area contributed by atoms with Crippen molar-refractivity contribution in [2.45, 2.75) is 26.0 Å². The first-order valence-corrected chi connectivity index (χ1v) is 6.61. The van der Waals surface area contributed by atoms with Crippen molar-refractivity contribution in [3.05, 3.63) is 35.9 Å². The molecule has 0 spiro atoms. The summed E-state index contributed by atoms with van der Waals surface area (Å²) in [6.07, 6.45) is 0.248. The van der Waals surface area contributed by atoms with Gasteiger partial charge in [-0.05, 0) is 12.0 Å². The van der Waals surface area contributed by atoms with Crippen LogP contribution in [0.1, 0.15) is 18.9 Å². The van der Waals surface area contributed by atoms with Crippen LogP contribution in [-0.4, -0.2) is 31.1 Å². The molecule has 1 atom stereocenters. The molecule has 4 N–H and O–H groups in total. The third-order valence-corrected chi connectivity index (χ3v) is 2.57. The molecule has 0 saturated carbocycles. The minimum absolute atomic E-state index is 0.0448. The lowest BCUT2D eigenvalue weighted by Gasteiger charge is -2.13. The molecule has 0 heterocycles. The van der Waals surface area contributed by atoms with E-state index >= 15 is 0 Å². The molecule has 0 radical (unpaired) electrons. The molecule has 1 aromatic carbocycles. The first kappa shape index (κ1) is 16.0. The van der Waals surface area contributed by atoms with Crippen molar-refractivity contribution < 1.29 is 14.3 Å². The van der Waals surface area contributed by atoms with Gasteiger partial charge in [0.05, 0.1) is 0 Å². The lowest BCUT2D eigenvalue weighted by atomic mass is 10.2. The first-order valence-electron chi connectivity index (χ1n) is 6.61. The lowest BCUT2D eigenvalue weighted by Crippen LogP contribution is -2.48. The maximum atomic E-state index is 11.5. The number of nitrogens with one attached hydrogen (secondary N) is 2. The van der Waals surface area contributed by atoms with Crippen molar-refractivity contribution in [3.8, 4) is 0 Å². The molecule has 110 valence electrons. The van der Waals surface area contributed by atoms with Crippen LogP contribution < -0.4 is 16.4 Å². The van der Waals surface area contributed by atoms with Gasteiger partial charge in [-0.25, -0.2) is 4.79 Å². The van der Waals surface area contributed by atoms with Crippen LogP contribution in [0.3, 0.4) is 0 Å². The number of hydrogen-bond acceptors (Lipinski definition) is 4. The summed E-state index contributed by atoms with van der Waals surface area (Å²) in [5.41, 5.74) is 6.53. The Bertz CT molecular complexity index is 423. The molecule has 0 aliphatic rings. The summed E-state index contributed by atoms with van der Waals surface area (Å²) in [6, 6.07) is 8.56. The summed E-state index contributed by atoms with van der Waals surface area (Å²) in [5.74, 6) is -0.282. The number of carbonyl (C=O) groups excluding carboxylic acids is 2. The zero-order chi connectivity index (χ0) is 14.8. The predicted octanol–water partition coefficient (Wildman–Crippen LogP) is 0.766. The summed E-state index contributed by atoms with van der Waals surface area (Å²) in [6.45, 7) is 2.75. The van der Waals surface area contributed by atoms with Crippen LogP contribution in [0.25, 0.3) is 0 Å². The fourth-order valence-electron chi connectivity index (χ4n) is 1.44. The highest BCUT2D eigenvalue weighted by molar-refractivity contribution is 5.82. The smallest absolute Gasteiger partial charge is 0.407 e. The lowest BCUT2D eigenvalue weighted by molar-refractivity contribution is -0.122. The van der Waals surface area contributed by atoms with Crippen molar-refractivity contribution >= 4 is 12.0 Å². The molecule has 6 nitrogen and oxygen atoms in total. The number of benzene rings is 1. The number of nitrogens with two attached hydrogens (primary N) is 1. The molecule has 0 fully saturated rings. The molecule has 0 aliphatic carbocycles. The standard InChI is InChI=1S/C14H21N3O3/c1-2-8-16-13(18)12(15)9-17-14(19)20-10-11-6-4-3-5-7-11/h3-7,12H,2,8-10,15H2,1H3,(H,16,18)(H,17,19). The summed E-state index contributed by atoms with van der Waals surface area (Å²) >= 11 is 0. The third kappa shape index (κ3) is 6.19. The Morgan fingerprint density at radius 2 is 1.95 bits per heavy atom. The van der Waals surface area contributed by atoms with Crippen LogP contribution >= 0.6 is 0 Å². The number of carbonyl (C=O) groups is 2. The van der Waals surface area contributed by atoms with Gasteiger partial charge in [-0.2, -0.15) is 0 Å². The predicted molar refractivity (Wildman–Crippen MR) is 75.9 cm³/mol. The minimum atomic E-state index is -0.772. The number of ether oxygens (including phenoxy) is 1. The normalized spacial score (nSPS) is 11.5. The molecule has 6 heteroatoms. The summed E-state index contributed by atoms with van der Waals surface area (Å²) in [5, 5.41) is 5.12. The molecular weight excluding hydrogens is 258 g/mol. The van der Waals surface area contributed by atoms with Gasteiger partial charge in [0.25, 0.3) is 0 Å². The molecule has 0 aliphatic heterocycles. The molecular formula is C14H21N3O3. The van der Waals surface area contributed by atoms with E-state index in [0.717, 1.165) is 12.0 Å². The van der Waals surface area contributed by atoms with Crippen LogP contribution in [0, 0.1) is 0 Å². The molecule has 1 aromatic rings. The van der Waals surface area contributed by atoms with E-state index in [1.807, 2.05) is 37.3 Å². The Morgan fingerprint density at radius 1 is 1.25 bits per heavy atom. The van der Waals surface area contributed by atoms with Crippen molar-refractivity contribution in [2.24, 2.45) is 5.73 Å². The highest BCUT2D eigenvalue weighted by Gasteiger charge is 2.14. The maximum absolute atomic E-state index is 11.5. The van der Waals surface area contributed by atoms with E-state index in [0.29, 0.717) is 6.54 Å². The van der Waals surface area contributed by atoms with Gasteiger partial charge in [-0.3, -0.25) is 4.79 Å². The Balaban J connectivity index is 2.21. The Kier molecular flexibility index (Phi) is 7.13. The monoisotopic (exact) mass is 279 g/mol. The van der Waals surface area contributed by atoms with E-state index < -0.39 is 12.1 Å². The van der Waals surface area contributed by atoms with Crippen LogP contribution in [0.15, 0.2) is 30.3 Å². The number of amides is 2. The Morgan fingerprint density at radius 3 is 2.60 bits per heavy atom. The van der Waals surface area contributed by atoms with Gasteiger partial charge in [0.1, 0.15) is 12.6 Å². The Hall–Kier alpha value is -2.08. The van der Waals surface area contributed by atoms with Crippen LogP contribution in [0.5, 0.6) is 0 Å². The van der Waals surface area contributed by atoms with E-state index in [-0.39, 0.29) is 19.1 Å². The fourth-order valence-corrected chi connectivity index (χ4v) is 1.44. The average molecular weight is 279 g/mol. The SMILES string of the molecule is CCCNC(=O)C(N)CNC(=O)OCc1ccccc1. The quantitative estimate of drug-likeness (QED) is 0.687. The molecule has 0 bridgehead atoms. The minimum Gasteiger partial charge on any atom is -0.445 e. The fraction of sp³-hybridized carbons (Fsp3) is 0.429. The number of alkyl carbamates (subject to hydrolysis) is 1. The molecule has 0 saturated heterocycles. The van der Waals surface area contributed by atoms with Crippen molar-refractivity contribution in [1.82, 2.24) is 10.6 Å². The molecule has 1 rings (SSSR count). The van der Waals surface area contributed by atoms with Crippen LogP contribution in [-0.2, 0) is 16.1 Å². The molecule has 20 heavy (non-hydrogen) atoms. The first-order chi connectivity index (χ1) is 9.63. The van der Waals surface area contributed by atoms with E-state index in [1.54, 1.807) is 0 Å². The second-order valence-electron chi connectivity index (χ2n) is 4.34. The van der Waals surface area contributed by atoms with E-state index in [9.17, 15) is 9.59 Å². The van der Waals surface area contributed by atoms with E-state index in [4.69, 9.17) is 10.5 Å². The summed E-state index contributed by atoms with van der Waals surface area (Å²) in [7, 11) is 0. The zero-order valence-corrected chi connectivity index (χ0v) is 11.6. The highest BCUT2D eigenvalue weighted by Crippen LogP contribution is 2.00. The summed E-state index contributed by atoms with van der Waals surface area (Å²) < 4.78 is 5.00. The largest absolute Gasteiger partial charge is 0.445 e.